The van der Waals surface area contributed by atoms with Crippen LogP contribution in [0.15, 0.2) is 59.4 Å². The van der Waals surface area contributed by atoms with Gasteiger partial charge in [-0.2, -0.15) is 5.26 Å². The molecule has 6 heteroatoms. The molecule has 1 aromatic heterocycles. The fraction of sp³-hybridized carbons (Fsp3) is 0. The van der Waals surface area contributed by atoms with Gasteiger partial charge in [-0.1, -0.05) is 54.1 Å². The highest BCUT2D eigenvalue weighted by Crippen LogP contribution is 2.27. The average molecular weight is 324 g/mol. The molecule has 0 amide bonds. The maximum Gasteiger partial charge on any atom is 0.295 e. The van der Waals surface area contributed by atoms with Crippen LogP contribution in [0.5, 0.6) is 11.5 Å². The van der Waals surface area contributed by atoms with Crippen LogP contribution in [0.1, 0.15) is 5.56 Å². The van der Waals surface area contributed by atoms with E-state index in [4.69, 9.17) is 21.6 Å². The lowest BCUT2D eigenvalue weighted by atomic mass is 10.2. The second kappa shape index (κ2) is 6.34. The molecular formula is C17H10ClN3O2. The van der Waals surface area contributed by atoms with Gasteiger partial charge in [-0.3, -0.25) is 4.79 Å². The monoisotopic (exact) mass is 323 g/mol. The summed E-state index contributed by atoms with van der Waals surface area (Å²) in [5, 5.41) is 8.99. The molecule has 2 aromatic carbocycles. The first-order valence-electron chi connectivity index (χ1n) is 6.71. The number of halogens is 1. The summed E-state index contributed by atoms with van der Waals surface area (Å²) < 4.78 is 5.49. The molecule has 0 aliphatic heterocycles. The summed E-state index contributed by atoms with van der Waals surface area (Å²) in [4.78, 5) is 19.0. The van der Waals surface area contributed by atoms with Gasteiger partial charge in [-0.25, -0.2) is 4.98 Å². The summed E-state index contributed by atoms with van der Waals surface area (Å²) in [6.07, 6.45) is 0. The maximum absolute atomic E-state index is 12.3. The zero-order valence-electron chi connectivity index (χ0n) is 11.8. The number of H-pyrrole nitrogens is 1. The van der Waals surface area contributed by atoms with Crippen LogP contribution < -0.4 is 10.3 Å². The van der Waals surface area contributed by atoms with Crippen molar-refractivity contribution in [1.29, 1.82) is 5.26 Å². The Hall–Kier alpha value is -3.10. The molecule has 0 saturated heterocycles. The first-order chi connectivity index (χ1) is 11.2. The van der Waals surface area contributed by atoms with Crippen LogP contribution in [0.2, 0.25) is 5.15 Å². The van der Waals surface area contributed by atoms with E-state index in [0.29, 0.717) is 11.4 Å². The number of para-hydroxylation sites is 1. The van der Waals surface area contributed by atoms with Crippen LogP contribution in [0.4, 0.5) is 0 Å². The predicted octanol–water partition coefficient (Wildman–Crippen LogP) is 3.75. The zero-order valence-corrected chi connectivity index (χ0v) is 12.5. The van der Waals surface area contributed by atoms with Crippen molar-refractivity contribution in [3.8, 4) is 29.0 Å². The van der Waals surface area contributed by atoms with Gasteiger partial charge in [0, 0.05) is 5.56 Å². The molecule has 0 radical (unpaired) electrons. The number of nitrogens with zero attached hydrogens (tertiary/aromatic N) is 2. The van der Waals surface area contributed by atoms with Gasteiger partial charge in [0.15, 0.2) is 5.15 Å². The minimum absolute atomic E-state index is 0.0691. The molecule has 3 aromatic rings. The normalized spacial score (nSPS) is 10.1. The smallest absolute Gasteiger partial charge is 0.295 e. The molecule has 0 fully saturated rings. The number of ether oxygens (including phenoxy) is 1. The molecule has 0 spiro atoms. The van der Waals surface area contributed by atoms with Gasteiger partial charge in [-0.05, 0) is 12.1 Å². The van der Waals surface area contributed by atoms with Gasteiger partial charge < -0.3 is 9.72 Å². The van der Waals surface area contributed by atoms with Gasteiger partial charge in [-0.15, -0.1) is 0 Å². The second-order valence-corrected chi connectivity index (χ2v) is 4.97. The van der Waals surface area contributed by atoms with Crippen molar-refractivity contribution in [2.24, 2.45) is 0 Å². The molecule has 0 atom stereocenters. The Balaban J connectivity index is 2.02. The number of nitrogens with one attached hydrogen (secondary N) is 1. The fourth-order valence-corrected chi connectivity index (χ4v) is 2.22. The van der Waals surface area contributed by atoms with E-state index in [-0.39, 0.29) is 16.7 Å². The second-order valence-electron chi connectivity index (χ2n) is 4.61. The molecule has 23 heavy (non-hydrogen) atoms. The van der Waals surface area contributed by atoms with E-state index in [1.54, 1.807) is 36.4 Å². The highest BCUT2D eigenvalue weighted by molar-refractivity contribution is 6.30. The third kappa shape index (κ3) is 3.07. The Morgan fingerprint density at radius 3 is 2.48 bits per heavy atom. The highest BCUT2D eigenvalue weighted by atomic mass is 35.5. The van der Waals surface area contributed by atoms with Crippen LogP contribution in [0.3, 0.4) is 0 Å². The highest BCUT2D eigenvalue weighted by Gasteiger charge is 2.14. The molecule has 0 aliphatic rings. The molecule has 0 unspecified atom stereocenters. The average Bonchev–Trinajstić information content (AvgIpc) is 2.59. The topological polar surface area (TPSA) is 78.8 Å². The van der Waals surface area contributed by atoms with E-state index in [2.05, 4.69) is 9.97 Å². The van der Waals surface area contributed by atoms with E-state index in [0.717, 1.165) is 5.56 Å². The third-order valence-electron chi connectivity index (χ3n) is 3.10. The molecule has 1 heterocycles. The lowest BCUT2D eigenvalue weighted by molar-refractivity contribution is 0.471. The summed E-state index contributed by atoms with van der Waals surface area (Å²) >= 11 is 6.09. The lowest BCUT2D eigenvalue weighted by Crippen LogP contribution is -2.12. The number of aromatic nitrogens is 2. The molecule has 0 aliphatic carbocycles. The maximum atomic E-state index is 12.3. The minimum atomic E-state index is -0.517. The molecule has 0 bridgehead atoms. The van der Waals surface area contributed by atoms with Crippen molar-refractivity contribution < 1.29 is 4.74 Å². The molecular weight excluding hydrogens is 314 g/mol. The summed E-state index contributed by atoms with van der Waals surface area (Å²) in [5.74, 6) is 0.451. The van der Waals surface area contributed by atoms with Gasteiger partial charge in [0.05, 0.1) is 5.56 Å². The van der Waals surface area contributed by atoms with Crippen molar-refractivity contribution in [3.63, 3.8) is 0 Å². The van der Waals surface area contributed by atoms with E-state index in [1.165, 1.54) is 0 Å². The Morgan fingerprint density at radius 1 is 1.09 bits per heavy atom. The molecule has 3 rings (SSSR count). The third-order valence-corrected chi connectivity index (χ3v) is 3.36. The number of rotatable bonds is 3. The predicted molar refractivity (Wildman–Crippen MR) is 86.5 cm³/mol. The number of hydrogen-bond acceptors (Lipinski definition) is 4. The van der Waals surface area contributed by atoms with Gasteiger partial charge >= 0.3 is 0 Å². The summed E-state index contributed by atoms with van der Waals surface area (Å²) in [7, 11) is 0. The molecule has 112 valence electrons. The Bertz CT molecular complexity index is 946. The number of aromatic amines is 1. The molecule has 5 nitrogen and oxygen atoms in total. The van der Waals surface area contributed by atoms with Crippen molar-refractivity contribution in [1.82, 2.24) is 9.97 Å². The number of benzene rings is 2. The van der Waals surface area contributed by atoms with Gasteiger partial charge in [0.1, 0.15) is 17.6 Å². The van der Waals surface area contributed by atoms with Crippen molar-refractivity contribution in [2.75, 3.05) is 0 Å². The molecule has 0 saturated carbocycles. The van der Waals surface area contributed by atoms with Crippen molar-refractivity contribution in [2.45, 2.75) is 0 Å². The van der Waals surface area contributed by atoms with E-state index < -0.39 is 5.56 Å². The summed E-state index contributed by atoms with van der Waals surface area (Å²) in [6.45, 7) is 0. The fourth-order valence-electron chi connectivity index (χ4n) is 2.01. The lowest BCUT2D eigenvalue weighted by Gasteiger charge is -2.09. The summed E-state index contributed by atoms with van der Waals surface area (Å²) in [5.41, 5.74) is 0.516. The number of hydrogen-bond donors (Lipinski definition) is 1. The Kier molecular flexibility index (Phi) is 4.09. The first-order valence-corrected chi connectivity index (χ1v) is 7.09. The van der Waals surface area contributed by atoms with Crippen LogP contribution in [0, 0.1) is 11.3 Å². The van der Waals surface area contributed by atoms with Gasteiger partial charge in [0.2, 0.25) is 5.75 Å². The van der Waals surface area contributed by atoms with E-state index >= 15 is 0 Å². The standard InChI is InChI=1S/C17H10ClN3O2/c18-15-14(23-13-9-5-4-8-12(13)10-19)17(22)21-16(20-15)11-6-2-1-3-7-11/h1-9H,(H,20,21,22). The van der Waals surface area contributed by atoms with Crippen LogP contribution >= 0.6 is 11.6 Å². The first kappa shape index (κ1) is 14.8. The van der Waals surface area contributed by atoms with Crippen LogP contribution in [0.25, 0.3) is 11.4 Å². The SMILES string of the molecule is N#Cc1ccccc1Oc1c(Cl)nc(-c2ccccc2)[nH]c1=O. The molecule has 1 N–H and O–H groups in total. The Labute approximate surface area is 136 Å². The Morgan fingerprint density at radius 2 is 1.78 bits per heavy atom. The zero-order chi connectivity index (χ0) is 16.2. The summed E-state index contributed by atoms with van der Waals surface area (Å²) in [6, 6.07) is 17.7. The van der Waals surface area contributed by atoms with E-state index in [9.17, 15) is 4.79 Å². The minimum Gasteiger partial charge on any atom is -0.447 e. The largest absolute Gasteiger partial charge is 0.447 e. The van der Waals surface area contributed by atoms with Crippen LogP contribution in [-0.4, -0.2) is 9.97 Å². The van der Waals surface area contributed by atoms with E-state index in [1.807, 2.05) is 24.3 Å². The quantitative estimate of drug-likeness (QED) is 0.744. The van der Waals surface area contributed by atoms with Gasteiger partial charge in [0.25, 0.3) is 5.56 Å². The van der Waals surface area contributed by atoms with Crippen LogP contribution in [-0.2, 0) is 0 Å². The van der Waals surface area contributed by atoms with Crippen molar-refractivity contribution in [3.05, 3.63) is 75.7 Å². The number of nitriles is 1. The van der Waals surface area contributed by atoms with Crippen molar-refractivity contribution >= 4 is 11.6 Å².